The predicted molar refractivity (Wildman–Crippen MR) is 106 cm³/mol. The van der Waals surface area contributed by atoms with Gasteiger partial charge in [-0.25, -0.2) is 0 Å². The second kappa shape index (κ2) is 6.97. The number of phenolic OH excluding ortho intramolecular Hbond substituents is 1. The van der Waals surface area contributed by atoms with Crippen LogP contribution < -0.4 is 5.32 Å². The zero-order chi connectivity index (χ0) is 19.0. The second-order valence-corrected chi connectivity index (χ2v) is 9.08. The Hall–Kier alpha value is -1.58. The van der Waals surface area contributed by atoms with Crippen molar-refractivity contribution in [2.45, 2.75) is 66.0 Å². The molecule has 2 aromatic rings. The number of benzene rings is 1. The summed E-state index contributed by atoms with van der Waals surface area (Å²) in [5.41, 5.74) is 4.38. The molecule has 0 aliphatic carbocycles. The quantitative estimate of drug-likeness (QED) is 0.748. The first-order chi connectivity index (χ1) is 11.4. The maximum absolute atomic E-state index is 10.9. The Labute approximate surface area is 156 Å². The maximum atomic E-state index is 10.9. The molecule has 3 nitrogen and oxygen atoms in total. The fourth-order valence-electron chi connectivity index (χ4n) is 2.50. The van der Waals surface area contributed by atoms with Crippen LogP contribution in [0.5, 0.6) is 5.75 Å². The minimum Gasteiger partial charge on any atom is -0.507 e. The van der Waals surface area contributed by atoms with Crippen molar-refractivity contribution in [1.29, 1.82) is 0 Å². The highest BCUT2D eigenvalue weighted by molar-refractivity contribution is 6.31. The molecule has 0 saturated carbocycles. The van der Waals surface area contributed by atoms with Crippen LogP contribution in [-0.4, -0.2) is 15.6 Å². The van der Waals surface area contributed by atoms with Crippen LogP contribution in [0.2, 0.25) is 5.02 Å². The smallest absolute Gasteiger partial charge is 0.127 e. The molecule has 0 fully saturated rings. The molecule has 0 aliphatic heterocycles. The van der Waals surface area contributed by atoms with Crippen LogP contribution in [0.15, 0.2) is 24.4 Å². The zero-order valence-corrected chi connectivity index (χ0v) is 17.0. The Kier molecular flexibility index (Phi) is 5.50. The molecule has 1 heterocycles. The Bertz CT molecular complexity index is 771. The van der Waals surface area contributed by atoms with Crippen LogP contribution in [0.3, 0.4) is 0 Å². The van der Waals surface area contributed by atoms with Crippen LogP contribution in [0, 0.1) is 6.92 Å². The average molecular weight is 361 g/mol. The lowest BCUT2D eigenvalue weighted by Gasteiger charge is -2.25. The first-order valence-corrected chi connectivity index (χ1v) is 9.00. The van der Waals surface area contributed by atoms with E-state index in [0.29, 0.717) is 11.6 Å². The van der Waals surface area contributed by atoms with E-state index in [4.69, 9.17) is 11.6 Å². The number of pyridine rings is 1. The number of halogens is 1. The lowest BCUT2D eigenvalue weighted by molar-refractivity contribution is 0.411. The third kappa shape index (κ3) is 4.96. The summed E-state index contributed by atoms with van der Waals surface area (Å²) in [5, 5.41) is 14.9. The van der Waals surface area contributed by atoms with Gasteiger partial charge < -0.3 is 10.4 Å². The van der Waals surface area contributed by atoms with Gasteiger partial charge in [-0.05, 0) is 50.8 Å². The van der Waals surface area contributed by atoms with E-state index in [-0.39, 0.29) is 16.7 Å². The molecule has 4 heteroatoms. The summed E-state index contributed by atoms with van der Waals surface area (Å²) in [7, 11) is 0. The van der Waals surface area contributed by atoms with E-state index in [9.17, 15) is 5.11 Å². The number of nitrogens with zero attached hydrogens (tertiary/aromatic N) is 1. The molecule has 0 saturated heterocycles. The molecular formula is C21H29ClN2O. The van der Waals surface area contributed by atoms with Gasteiger partial charge in [0.15, 0.2) is 0 Å². The summed E-state index contributed by atoms with van der Waals surface area (Å²) in [6, 6.07) is 5.99. The summed E-state index contributed by atoms with van der Waals surface area (Å²) in [6.07, 6.45) is 1.77. The lowest BCUT2D eigenvalue weighted by atomic mass is 9.83. The third-order valence-electron chi connectivity index (χ3n) is 4.20. The lowest BCUT2D eigenvalue weighted by Crippen LogP contribution is -2.35. The highest BCUT2D eigenvalue weighted by Gasteiger charge is 2.21. The van der Waals surface area contributed by atoms with Crippen molar-refractivity contribution in [3.8, 4) is 16.9 Å². The van der Waals surface area contributed by atoms with Gasteiger partial charge in [-0.2, -0.15) is 0 Å². The molecule has 0 atom stereocenters. The van der Waals surface area contributed by atoms with Crippen molar-refractivity contribution >= 4 is 11.6 Å². The van der Waals surface area contributed by atoms with Crippen LogP contribution in [0.1, 0.15) is 58.4 Å². The summed E-state index contributed by atoms with van der Waals surface area (Å²) >= 11 is 6.25. The molecule has 136 valence electrons. The number of aromatic hydroxyl groups is 1. The summed E-state index contributed by atoms with van der Waals surface area (Å²) in [5.74, 6) is 0.284. The number of hydrogen-bond donors (Lipinski definition) is 2. The predicted octanol–water partition coefficient (Wildman–Crippen LogP) is 5.60. The Morgan fingerprint density at radius 2 is 1.72 bits per heavy atom. The van der Waals surface area contributed by atoms with E-state index in [1.807, 2.05) is 19.1 Å². The molecule has 0 unspecified atom stereocenters. The number of aryl methyl sites for hydroxylation is 1. The molecule has 0 spiro atoms. The number of hydrogen-bond acceptors (Lipinski definition) is 3. The Morgan fingerprint density at radius 1 is 1.08 bits per heavy atom. The fourth-order valence-corrected chi connectivity index (χ4v) is 2.66. The molecule has 1 aromatic heterocycles. The minimum atomic E-state index is -0.0287. The van der Waals surface area contributed by atoms with Crippen LogP contribution >= 0.6 is 11.6 Å². The number of aromatic nitrogens is 1. The van der Waals surface area contributed by atoms with Crippen molar-refractivity contribution in [3.63, 3.8) is 0 Å². The first-order valence-electron chi connectivity index (χ1n) is 8.62. The standard InChI is InChI=1S/C21H29ClN2O/c1-13-18(22)9-14(11-23-13)17-10-16(20(2,3)4)8-15(19(17)25)12-24-21(5,6)7/h8-11,24-25H,12H2,1-7H3. The van der Waals surface area contributed by atoms with Gasteiger partial charge in [0.05, 0.1) is 10.7 Å². The molecule has 2 N–H and O–H groups in total. The van der Waals surface area contributed by atoms with Crippen molar-refractivity contribution in [2.75, 3.05) is 0 Å². The van der Waals surface area contributed by atoms with Gasteiger partial charge in [-0.3, -0.25) is 4.98 Å². The molecule has 0 amide bonds. The van der Waals surface area contributed by atoms with Gasteiger partial charge in [-0.15, -0.1) is 0 Å². The van der Waals surface area contributed by atoms with E-state index in [1.165, 1.54) is 5.56 Å². The van der Waals surface area contributed by atoms with E-state index in [0.717, 1.165) is 22.4 Å². The molecule has 0 radical (unpaired) electrons. The topological polar surface area (TPSA) is 45.2 Å². The van der Waals surface area contributed by atoms with Gasteiger partial charge in [0.25, 0.3) is 0 Å². The summed E-state index contributed by atoms with van der Waals surface area (Å²) in [4.78, 5) is 4.34. The SMILES string of the molecule is Cc1ncc(-c2cc(C(C)(C)C)cc(CNC(C)(C)C)c2O)cc1Cl. The molecule has 25 heavy (non-hydrogen) atoms. The van der Waals surface area contributed by atoms with E-state index in [2.05, 4.69) is 57.9 Å². The summed E-state index contributed by atoms with van der Waals surface area (Å²) in [6.45, 7) is 15.3. The van der Waals surface area contributed by atoms with Crippen LogP contribution in [-0.2, 0) is 12.0 Å². The largest absolute Gasteiger partial charge is 0.507 e. The Morgan fingerprint density at radius 3 is 2.24 bits per heavy atom. The van der Waals surface area contributed by atoms with E-state index < -0.39 is 0 Å². The van der Waals surface area contributed by atoms with Crippen molar-refractivity contribution in [3.05, 3.63) is 46.2 Å². The van der Waals surface area contributed by atoms with Gasteiger partial charge >= 0.3 is 0 Å². The highest BCUT2D eigenvalue weighted by Crippen LogP contribution is 2.38. The number of nitrogens with one attached hydrogen (secondary N) is 1. The molecule has 1 aromatic carbocycles. The van der Waals surface area contributed by atoms with Gasteiger partial charge in [-0.1, -0.05) is 38.4 Å². The molecular weight excluding hydrogens is 332 g/mol. The monoisotopic (exact) mass is 360 g/mol. The van der Waals surface area contributed by atoms with Gasteiger partial charge in [0.2, 0.25) is 0 Å². The fraction of sp³-hybridized carbons (Fsp3) is 0.476. The normalized spacial score (nSPS) is 12.5. The molecule has 0 bridgehead atoms. The van der Waals surface area contributed by atoms with Crippen molar-refractivity contribution in [1.82, 2.24) is 10.3 Å². The van der Waals surface area contributed by atoms with Crippen LogP contribution in [0.25, 0.3) is 11.1 Å². The molecule has 0 aliphatic rings. The van der Waals surface area contributed by atoms with Crippen molar-refractivity contribution in [2.24, 2.45) is 0 Å². The first kappa shape index (κ1) is 19.7. The van der Waals surface area contributed by atoms with Gasteiger partial charge in [0.1, 0.15) is 5.75 Å². The maximum Gasteiger partial charge on any atom is 0.127 e. The Balaban J connectivity index is 2.59. The van der Waals surface area contributed by atoms with E-state index in [1.54, 1.807) is 6.20 Å². The number of phenols is 1. The van der Waals surface area contributed by atoms with Crippen LogP contribution in [0.4, 0.5) is 0 Å². The average Bonchev–Trinajstić information content (AvgIpc) is 2.47. The summed E-state index contributed by atoms with van der Waals surface area (Å²) < 4.78 is 0. The minimum absolute atomic E-state index is 0.0269. The second-order valence-electron chi connectivity index (χ2n) is 8.68. The number of rotatable bonds is 3. The van der Waals surface area contributed by atoms with Crippen molar-refractivity contribution < 1.29 is 5.11 Å². The molecule has 2 rings (SSSR count). The van der Waals surface area contributed by atoms with E-state index >= 15 is 0 Å². The van der Waals surface area contributed by atoms with Gasteiger partial charge in [0, 0.05) is 35.0 Å². The highest BCUT2D eigenvalue weighted by atomic mass is 35.5. The zero-order valence-electron chi connectivity index (χ0n) is 16.3. The third-order valence-corrected chi connectivity index (χ3v) is 4.58.